The van der Waals surface area contributed by atoms with E-state index >= 15 is 0 Å². The molecule has 0 radical (unpaired) electrons. The first-order valence-electron chi connectivity index (χ1n) is 6.69. The number of carbonyl (C=O) groups is 1. The second kappa shape index (κ2) is 5.55. The highest BCUT2D eigenvalue weighted by molar-refractivity contribution is 5.98. The number of nitrogens with two attached hydrogens (primary N) is 1. The molecule has 5 heteroatoms. The zero-order valence-electron chi connectivity index (χ0n) is 11.2. The molecule has 104 valence electrons. The van der Waals surface area contributed by atoms with Crippen LogP contribution in [0.3, 0.4) is 0 Å². The van der Waals surface area contributed by atoms with Crippen molar-refractivity contribution in [3.63, 3.8) is 0 Å². The lowest BCUT2D eigenvalue weighted by molar-refractivity contribution is 0.0919. The maximum atomic E-state index is 13.1. The van der Waals surface area contributed by atoms with Gasteiger partial charge in [0.1, 0.15) is 11.6 Å². The molecule has 1 saturated carbocycles. The molecule has 1 amide bonds. The highest BCUT2D eigenvalue weighted by atomic mass is 19.1. The van der Waals surface area contributed by atoms with Crippen LogP contribution < -0.4 is 11.1 Å². The van der Waals surface area contributed by atoms with E-state index in [4.69, 9.17) is 5.73 Å². The molecular formula is C14H20FN3O. The van der Waals surface area contributed by atoms with E-state index in [1.54, 1.807) is 0 Å². The van der Waals surface area contributed by atoms with E-state index in [2.05, 4.69) is 17.2 Å². The minimum Gasteiger partial charge on any atom is -0.383 e. The van der Waals surface area contributed by atoms with Gasteiger partial charge >= 0.3 is 0 Å². The third kappa shape index (κ3) is 3.43. The predicted octanol–water partition coefficient (Wildman–Crippen LogP) is 2.50. The molecule has 1 aliphatic rings. The van der Waals surface area contributed by atoms with Crippen LogP contribution in [0.5, 0.6) is 0 Å². The highest BCUT2D eigenvalue weighted by Crippen LogP contribution is 2.34. The minimum absolute atomic E-state index is 0.0627. The molecule has 0 unspecified atom stereocenters. The maximum Gasteiger partial charge on any atom is 0.255 e. The van der Waals surface area contributed by atoms with Crippen molar-refractivity contribution in [1.82, 2.24) is 10.3 Å². The monoisotopic (exact) mass is 265 g/mol. The first-order chi connectivity index (χ1) is 9.00. The van der Waals surface area contributed by atoms with Gasteiger partial charge in [0.25, 0.3) is 5.91 Å². The van der Waals surface area contributed by atoms with E-state index in [1.165, 1.54) is 19.3 Å². The number of hydrogen-bond acceptors (Lipinski definition) is 3. The van der Waals surface area contributed by atoms with Gasteiger partial charge in [0, 0.05) is 6.54 Å². The second-order valence-corrected chi connectivity index (χ2v) is 5.64. The van der Waals surface area contributed by atoms with E-state index in [0.29, 0.717) is 6.54 Å². The highest BCUT2D eigenvalue weighted by Gasteiger charge is 2.27. The number of carbonyl (C=O) groups excluding carboxylic acids is 1. The molecule has 2 rings (SSSR count). The summed E-state index contributed by atoms with van der Waals surface area (Å²) in [6, 6.07) is 1.13. The maximum absolute atomic E-state index is 13.1. The van der Waals surface area contributed by atoms with Crippen molar-refractivity contribution in [2.75, 3.05) is 12.3 Å². The number of rotatable bonds is 3. The lowest BCUT2D eigenvalue weighted by Gasteiger charge is -2.33. The van der Waals surface area contributed by atoms with Gasteiger partial charge in [-0.25, -0.2) is 9.37 Å². The lowest BCUT2D eigenvalue weighted by atomic mass is 9.76. The summed E-state index contributed by atoms with van der Waals surface area (Å²) in [5, 5.41) is 2.85. The smallest absolute Gasteiger partial charge is 0.255 e. The predicted molar refractivity (Wildman–Crippen MR) is 72.1 cm³/mol. The van der Waals surface area contributed by atoms with Crippen molar-refractivity contribution in [2.24, 2.45) is 5.41 Å². The molecule has 19 heavy (non-hydrogen) atoms. The fourth-order valence-electron chi connectivity index (χ4n) is 2.60. The van der Waals surface area contributed by atoms with Gasteiger partial charge in [0.2, 0.25) is 0 Å². The average Bonchev–Trinajstić information content (AvgIpc) is 2.40. The lowest BCUT2D eigenvalue weighted by Crippen LogP contribution is -2.37. The van der Waals surface area contributed by atoms with Crippen LogP contribution in [0.2, 0.25) is 0 Å². The molecule has 0 saturated heterocycles. The summed E-state index contributed by atoms with van der Waals surface area (Å²) in [5.41, 5.74) is 5.85. The van der Waals surface area contributed by atoms with Crippen LogP contribution in [0.15, 0.2) is 12.3 Å². The molecule has 0 spiro atoms. The average molecular weight is 265 g/mol. The third-order valence-electron chi connectivity index (χ3n) is 3.87. The molecular weight excluding hydrogens is 245 g/mol. The van der Waals surface area contributed by atoms with Gasteiger partial charge in [-0.15, -0.1) is 0 Å². The Hall–Kier alpha value is -1.65. The number of amides is 1. The van der Waals surface area contributed by atoms with Crippen molar-refractivity contribution in [3.8, 4) is 0 Å². The van der Waals surface area contributed by atoms with E-state index < -0.39 is 5.82 Å². The normalized spacial score (nSPS) is 18.0. The van der Waals surface area contributed by atoms with Crippen molar-refractivity contribution in [2.45, 2.75) is 39.0 Å². The molecule has 1 aromatic heterocycles. The Balaban J connectivity index is 1.99. The van der Waals surface area contributed by atoms with E-state index in [0.717, 1.165) is 25.1 Å². The molecule has 1 aromatic rings. The topological polar surface area (TPSA) is 68.0 Å². The molecule has 1 fully saturated rings. The fourth-order valence-corrected chi connectivity index (χ4v) is 2.60. The first-order valence-corrected chi connectivity index (χ1v) is 6.69. The summed E-state index contributed by atoms with van der Waals surface area (Å²) in [6.07, 6.45) is 6.92. The minimum atomic E-state index is -0.553. The number of nitrogen functional groups attached to an aromatic ring is 1. The number of nitrogens with one attached hydrogen (secondary N) is 1. The van der Waals surface area contributed by atoms with Gasteiger partial charge in [-0.1, -0.05) is 26.2 Å². The number of hydrogen-bond donors (Lipinski definition) is 2. The zero-order valence-corrected chi connectivity index (χ0v) is 11.2. The standard InChI is InChI=1S/C14H20FN3O/c1-14(5-3-2-4-6-14)9-18-13(19)11-7-10(15)8-17-12(11)16/h7-8H,2-6,9H2,1H3,(H2,16,17)(H,18,19). The Morgan fingerprint density at radius 3 is 2.84 bits per heavy atom. The van der Waals surface area contributed by atoms with Crippen LogP contribution in [0, 0.1) is 11.2 Å². The van der Waals surface area contributed by atoms with Gasteiger partial charge in [-0.05, 0) is 24.3 Å². The number of halogens is 1. The van der Waals surface area contributed by atoms with Crippen molar-refractivity contribution in [1.29, 1.82) is 0 Å². The number of aromatic nitrogens is 1. The second-order valence-electron chi connectivity index (χ2n) is 5.64. The Kier molecular flexibility index (Phi) is 4.02. The molecule has 0 bridgehead atoms. The number of anilines is 1. The molecule has 3 N–H and O–H groups in total. The molecule has 0 atom stereocenters. The van der Waals surface area contributed by atoms with Crippen LogP contribution in [0.25, 0.3) is 0 Å². The van der Waals surface area contributed by atoms with Gasteiger partial charge in [-0.2, -0.15) is 0 Å². The van der Waals surface area contributed by atoms with Crippen LogP contribution >= 0.6 is 0 Å². The van der Waals surface area contributed by atoms with Crippen molar-refractivity contribution < 1.29 is 9.18 Å². The Labute approximate surface area is 112 Å². The summed E-state index contributed by atoms with van der Waals surface area (Å²) in [7, 11) is 0. The molecule has 1 aliphatic carbocycles. The van der Waals surface area contributed by atoms with E-state index in [1.807, 2.05) is 0 Å². The number of pyridine rings is 1. The van der Waals surface area contributed by atoms with Gasteiger partial charge in [-0.3, -0.25) is 4.79 Å². The summed E-state index contributed by atoms with van der Waals surface area (Å²) >= 11 is 0. The first kappa shape index (κ1) is 13.8. The molecule has 4 nitrogen and oxygen atoms in total. The van der Waals surface area contributed by atoms with Gasteiger partial charge in [0.05, 0.1) is 11.8 Å². The van der Waals surface area contributed by atoms with Crippen LogP contribution in [0.4, 0.5) is 10.2 Å². The molecule has 0 aromatic carbocycles. The van der Waals surface area contributed by atoms with Gasteiger partial charge in [0.15, 0.2) is 0 Å². The third-order valence-corrected chi connectivity index (χ3v) is 3.87. The van der Waals surface area contributed by atoms with Crippen LogP contribution in [-0.4, -0.2) is 17.4 Å². The summed E-state index contributed by atoms with van der Waals surface area (Å²) in [5.74, 6) is -0.841. The van der Waals surface area contributed by atoms with Gasteiger partial charge < -0.3 is 11.1 Å². The van der Waals surface area contributed by atoms with Crippen molar-refractivity contribution >= 4 is 11.7 Å². The molecule has 1 heterocycles. The SMILES string of the molecule is CC1(CNC(=O)c2cc(F)cnc2N)CCCCC1. The largest absolute Gasteiger partial charge is 0.383 e. The van der Waals surface area contributed by atoms with Crippen LogP contribution in [-0.2, 0) is 0 Å². The number of nitrogens with zero attached hydrogens (tertiary/aromatic N) is 1. The molecule has 0 aliphatic heterocycles. The van der Waals surface area contributed by atoms with E-state index in [9.17, 15) is 9.18 Å². The summed E-state index contributed by atoms with van der Waals surface area (Å²) < 4.78 is 13.1. The van der Waals surface area contributed by atoms with Crippen molar-refractivity contribution in [3.05, 3.63) is 23.6 Å². The zero-order chi connectivity index (χ0) is 13.9. The van der Waals surface area contributed by atoms with E-state index in [-0.39, 0.29) is 22.7 Å². The quantitative estimate of drug-likeness (QED) is 0.882. The Morgan fingerprint density at radius 1 is 1.47 bits per heavy atom. The fraction of sp³-hybridized carbons (Fsp3) is 0.571. The van der Waals surface area contributed by atoms with Crippen LogP contribution in [0.1, 0.15) is 49.4 Å². The Morgan fingerprint density at radius 2 is 2.16 bits per heavy atom. The summed E-state index contributed by atoms with van der Waals surface area (Å²) in [6.45, 7) is 2.78. The Bertz CT molecular complexity index is 470. The summed E-state index contributed by atoms with van der Waals surface area (Å²) in [4.78, 5) is 15.7.